The van der Waals surface area contributed by atoms with Crippen LogP contribution in [0.25, 0.3) is 0 Å². The van der Waals surface area contributed by atoms with Gasteiger partial charge in [-0.15, -0.1) is 11.8 Å². The average Bonchev–Trinajstić information content (AvgIpc) is 3.13. The number of likely N-dealkylation sites (tertiary alicyclic amines) is 1. The first-order valence-electron chi connectivity index (χ1n) is 9.62. The molecule has 1 spiro atoms. The molecule has 0 saturated carbocycles. The lowest BCUT2D eigenvalue weighted by Gasteiger charge is -2.35. The average molecular weight is 409 g/mol. The number of thioether (sulfide) groups is 1. The first kappa shape index (κ1) is 19.5. The van der Waals surface area contributed by atoms with Crippen LogP contribution in [-0.2, 0) is 0 Å². The van der Waals surface area contributed by atoms with Crippen LogP contribution >= 0.6 is 11.8 Å². The molecule has 0 bridgehead atoms. The molecule has 1 fully saturated rings. The predicted octanol–water partition coefficient (Wildman–Crippen LogP) is 4.28. The number of aliphatic imine (C=N–C) groups is 2. The largest absolute Gasteiger partial charge is 0.497 e. The van der Waals surface area contributed by atoms with Crippen molar-refractivity contribution >= 4 is 34.2 Å². The highest BCUT2D eigenvalue weighted by molar-refractivity contribution is 8.15. The molecule has 0 aromatic heterocycles. The fourth-order valence-electron chi connectivity index (χ4n) is 3.62. The SMILES string of the molecule is COc1ccc(C2=NC3(CCN(C(=O)Nc4ccccc4)CC3)N=C2SC)cc1. The summed E-state index contributed by atoms with van der Waals surface area (Å²) >= 11 is 1.62. The standard InChI is InChI=1S/C22H24N4O2S/c1-28-18-10-8-16(9-11-18)19-20(29-2)25-22(24-19)12-14-26(15-13-22)21(27)23-17-6-4-3-5-7-17/h3-11H,12-15H2,1-2H3,(H,23,27). The summed E-state index contributed by atoms with van der Waals surface area (Å²) in [5.41, 5.74) is 2.32. The van der Waals surface area contributed by atoms with Crippen LogP contribution in [0.2, 0.25) is 0 Å². The molecule has 6 nitrogen and oxygen atoms in total. The number of hydrogen-bond donors (Lipinski definition) is 1. The normalized spacial score (nSPS) is 17.7. The third-order valence-electron chi connectivity index (χ3n) is 5.27. The first-order chi connectivity index (χ1) is 14.1. The smallest absolute Gasteiger partial charge is 0.321 e. The minimum atomic E-state index is -0.461. The molecule has 2 aliphatic rings. The van der Waals surface area contributed by atoms with Crippen LogP contribution < -0.4 is 10.1 Å². The van der Waals surface area contributed by atoms with Crippen molar-refractivity contribution in [1.82, 2.24) is 4.90 Å². The van der Waals surface area contributed by atoms with E-state index in [0.29, 0.717) is 13.1 Å². The summed E-state index contributed by atoms with van der Waals surface area (Å²) in [6.07, 6.45) is 3.47. The van der Waals surface area contributed by atoms with E-state index in [-0.39, 0.29) is 6.03 Å². The number of ether oxygens (including phenoxy) is 1. The zero-order valence-corrected chi connectivity index (χ0v) is 17.4. The van der Waals surface area contributed by atoms with Gasteiger partial charge < -0.3 is 15.0 Å². The van der Waals surface area contributed by atoms with Gasteiger partial charge >= 0.3 is 6.03 Å². The molecule has 0 aliphatic carbocycles. The summed E-state index contributed by atoms with van der Waals surface area (Å²) in [5, 5.41) is 3.91. The molecule has 2 aromatic carbocycles. The molecule has 2 heterocycles. The maximum atomic E-state index is 12.6. The molecule has 7 heteroatoms. The Morgan fingerprint density at radius 3 is 2.38 bits per heavy atom. The number of piperidine rings is 1. The second-order valence-corrected chi connectivity index (χ2v) is 7.87. The number of anilines is 1. The van der Waals surface area contributed by atoms with Crippen LogP contribution in [0.3, 0.4) is 0 Å². The highest BCUT2D eigenvalue weighted by Crippen LogP contribution is 2.35. The molecule has 2 aliphatic heterocycles. The van der Waals surface area contributed by atoms with Gasteiger partial charge in [0, 0.05) is 37.2 Å². The number of nitrogens with zero attached hydrogens (tertiary/aromatic N) is 3. The van der Waals surface area contributed by atoms with Crippen LogP contribution in [0.5, 0.6) is 5.75 Å². The number of amides is 2. The Kier molecular flexibility index (Phi) is 5.58. The highest BCUT2D eigenvalue weighted by atomic mass is 32.2. The predicted molar refractivity (Wildman–Crippen MR) is 119 cm³/mol. The van der Waals surface area contributed by atoms with Gasteiger partial charge in [0.25, 0.3) is 0 Å². The molecule has 29 heavy (non-hydrogen) atoms. The Hall–Kier alpha value is -2.80. The molecule has 4 rings (SSSR count). The van der Waals surface area contributed by atoms with Gasteiger partial charge in [-0.1, -0.05) is 18.2 Å². The van der Waals surface area contributed by atoms with Crippen molar-refractivity contribution in [2.24, 2.45) is 9.98 Å². The Bertz CT molecular complexity index is 933. The topological polar surface area (TPSA) is 66.3 Å². The quantitative estimate of drug-likeness (QED) is 0.824. The monoisotopic (exact) mass is 408 g/mol. The number of rotatable bonds is 3. The van der Waals surface area contributed by atoms with Crippen LogP contribution in [0.1, 0.15) is 18.4 Å². The number of benzene rings is 2. The molecule has 0 unspecified atom stereocenters. The van der Waals surface area contributed by atoms with Crippen molar-refractivity contribution in [3.05, 3.63) is 60.2 Å². The summed E-state index contributed by atoms with van der Waals surface area (Å²) in [5.74, 6) is 0.822. The molecule has 1 saturated heterocycles. The Morgan fingerprint density at radius 2 is 1.76 bits per heavy atom. The van der Waals surface area contributed by atoms with Crippen molar-refractivity contribution in [1.29, 1.82) is 0 Å². The number of carbonyl (C=O) groups is 1. The molecule has 2 aromatic rings. The number of methoxy groups -OCH3 is 1. The van der Waals surface area contributed by atoms with Crippen LogP contribution in [0, 0.1) is 0 Å². The van der Waals surface area contributed by atoms with Gasteiger partial charge in [0.05, 0.1) is 12.8 Å². The number of urea groups is 1. The van der Waals surface area contributed by atoms with E-state index in [1.807, 2.05) is 65.8 Å². The van der Waals surface area contributed by atoms with E-state index in [1.54, 1.807) is 18.9 Å². The van der Waals surface area contributed by atoms with Gasteiger partial charge in [-0.05, 0) is 42.7 Å². The van der Waals surface area contributed by atoms with Crippen LogP contribution in [-0.4, -0.2) is 53.8 Å². The Morgan fingerprint density at radius 1 is 1.07 bits per heavy atom. The summed E-state index contributed by atoms with van der Waals surface area (Å²) in [6, 6.07) is 17.4. The lowest BCUT2D eigenvalue weighted by molar-refractivity contribution is 0.175. The first-order valence-corrected chi connectivity index (χ1v) is 10.8. The highest BCUT2D eigenvalue weighted by Gasteiger charge is 2.40. The third-order valence-corrected chi connectivity index (χ3v) is 5.94. The van der Waals surface area contributed by atoms with E-state index in [4.69, 9.17) is 14.7 Å². The van der Waals surface area contributed by atoms with E-state index < -0.39 is 5.66 Å². The Balaban J connectivity index is 1.46. The minimum absolute atomic E-state index is 0.0718. The number of para-hydroxylation sites is 1. The van der Waals surface area contributed by atoms with E-state index >= 15 is 0 Å². The lowest BCUT2D eigenvalue weighted by atomic mass is 9.98. The summed E-state index contributed by atoms with van der Waals surface area (Å²) < 4.78 is 5.25. The minimum Gasteiger partial charge on any atom is -0.497 e. The van der Waals surface area contributed by atoms with E-state index in [0.717, 1.165) is 40.6 Å². The number of nitrogens with one attached hydrogen (secondary N) is 1. The van der Waals surface area contributed by atoms with Crippen molar-refractivity contribution in [3.8, 4) is 5.75 Å². The molecular weight excluding hydrogens is 384 g/mol. The van der Waals surface area contributed by atoms with Crippen molar-refractivity contribution in [2.75, 3.05) is 31.8 Å². The lowest BCUT2D eigenvalue weighted by Crippen LogP contribution is -2.46. The maximum Gasteiger partial charge on any atom is 0.321 e. The van der Waals surface area contributed by atoms with Crippen LogP contribution in [0.15, 0.2) is 64.6 Å². The zero-order chi connectivity index (χ0) is 20.3. The Labute approximate surface area is 175 Å². The number of hydrogen-bond acceptors (Lipinski definition) is 5. The molecular formula is C22H24N4O2S. The second kappa shape index (κ2) is 8.29. The zero-order valence-electron chi connectivity index (χ0n) is 16.6. The van der Waals surface area contributed by atoms with Gasteiger partial charge in [-0.2, -0.15) is 0 Å². The van der Waals surface area contributed by atoms with Crippen molar-refractivity contribution in [2.45, 2.75) is 18.5 Å². The van der Waals surface area contributed by atoms with E-state index in [1.165, 1.54) is 0 Å². The maximum absolute atomic E-state index is 12.6. The fraction of sp³-hybridized carbons (Fsp3) is 0.318. The van der Waals surface area contributed by atoms with Gasteiger partial charge in [0.15, 0.2) is 5.66 Å². The molecule has 1 N–H and O–H groups in total. The summed E-state index contributed by atoms with van der Waals surface area (Å²) in [4.78, 5) is 24.4. The van der Waals surface area contributed by atoms with E-state index in [9.17, 15) is 4.79 Å². The summed E-state index contributed by atoms with van der Waals surface area (Å²) in [6.45, 7) is 1.26. The van der Waals surface area contributed by atoms with Crippen molar-refractivity contribution < 1.29 is 9.53 Å². The van der Waals surface area contributed by atoms with Crippen molar-refractivity contribution in [3.63, 3.8) is 0 Å². The van der Waals surface area contributed by atoms with Gasteiger partial charge in [-0.25, -0.2) is 9.79 Å². The molecule has 2 amide bonds. The third kappa shape index (κ3) is 4.15. The molecule has 0 radical (unpaired) electrons. The molecule has 0 atom stereocenters. The summed E-state index contributed by atoms with van der Waals surface area (Å²) in [7, 11) is 1.66. The van der Waals surface area contributed by atoms with Gasteiger partial charge in [-0.3, -0.25) is 4.99 Å². The second-order valence-electron chi connectivity index (χ2n) is 7.08. The van der Waals surface area contributed by atoms with E-state index in [2.05, 4.69) is 5.32 Å². The van der Waals surface area contributed by atoms with Gasteiger partial charge in [0.2, 0.25) is 0 Å². The fourth-order valence-corrected chi connectivity index (χ4v) is 4.24. The number of carbonyl (C=O) groups excluding carboxylic acids is 1. The van der Waals surface area contributed by atoms with Crippen LogP contribution in [0.4, 0.5) is 10.5 Å². The molecule has 150 valence electrons. The van der Waals surface area contributed by atoms with Gasteiger partial charge in [0.1, 0.15) is 10.8 Å².